The van der Waals surface area contributed by atoms with Crippen LogP contribution in [0, 0.1) is 0 Å². The summed E-state index contributed by atoms with van der Waals surface area (Å²) in [5.74, 6) is -0.854. The van der Waals surface area contributed by atoms with E-state index in [-0.39, 0.29) is 0 Å². The molecule has 1 aliphatic rings. The molecule has 0 bridgehead atoms. The van der Waals surface area contributed by atoms with Gasteiger partial charge in [0.15, 0.2) is 0 Å². The van der Waals surface area contributed by atoms with Gasteiger partial charge in [0.25, 0.3) is 0 Å². The maximum Gasteiger partial charge on any atom is 0.335 e. The van der Waals surface area contributed by atoms with Crippen LogP contribution in [0.5, 0.6) is 0 Å². The number of nitrogens with zero attached hydrogens (tertiary/aromatic N) is 1. The summed E-state index contributed by atoms with van der Waals surface area (Å²) in [4.78, 5) is 13.4. The molecule has 1 aromatic rings. The molecule has 1 unspecified atom stereocenters. The van der Waals surface area contributed by atoms with Gasteiger partial charge in [-0.15, -0.1) is 0 Å². The fourth-order valence-electron chi connectivity index (χ4n) is 2.67. The number of nitrogens with one attached hydrogen (secondary N) is 1. The van der Waals surface area contributed by atoms with Crippen LogP contribution in [0.3, 0.4) is 0 Å². The molecule has 0 aromatic heterocycles. The highest BCUT2D eigenvalue weighted by molar-refractivity contribution is 5.87. The highest BCUT2D eigenvalue weighted by atomic mass is 16.4. The average Bonchev–Trinajstić information content (AvgIpc) is 2.41. The number of carboxylic acids is 1. The Bertz CT molecular complexity index is 432. The third-order valence-electron chi connectivity index (χ3n) is 3.65. The fraction of sp³-hybridized carbons (Fsp3) is 0.533. The second-order valence-corrected chi connectivity index (χ2v) is 5.12. The number of aromatic carboxylic acids is 1. The van der Waals surface area contributed by atoms with Crippen molar-refractivity contribution < 1.29 is 9.90 Å². The van der Waals surface area contributed by atoms with Crippen molar-refractivity contribution in [2.24, 2.45) is 0 Å². The predicted octanol–water partition coefficient (Wildman–Crippen LogP) is 1.96. The normalized spacial score (nSPS) is 20.4. The van der Waals surface area contributed by atoms with Crippen molar-refractivity contribution in [3.05, 3.63) is 35.4 Å². The molecule has 1 saturated heterocycles. The number of rotatable bonds is 5. The van der Waals surface area contributed by atoms with Gasteiger partial charge in [-0.25, -0.2) is 4.79 Å². The molecular formula is C15H22N2O2. The summed E-state index contributed by atoms with van der Waals surface area (Å²) in [6.45, 7) is 6.12. The fourth-order valence-corrected chi connectivity index (χ4v) is 2.67. The average molecular weight is 262 g/mol. The topological polar surface area (TPSA) is 52.6 Å². The summed E-state index contributed by atoms with van der Waals surface area (Å²) in [5.41, 5.74) is 1.46. The van der Waals surface area contributed by atoms with E-state index in [1.807, 2.05) is 12.1 Å². The van der Waals surface area contributed by atoms with Crippen molar-refractivity contribution in [2.75, 3.05) is 19.6 Å². The smallest absolute Gasteiger partial charge is 0.335 e. The summed E-state index contributed by atoms with van der Waals surface area (Å²) >= 11 is 0. The zero-order chi connectivity index (χ0) is 13.7. The van der Waals surface area contributed by atoms with E-state index in [2.05, 4.69) is 17.1 Å². The quantitative estimate of drug-likeness (QED) is 0.851. The molecule has 1 aliphatic heterocycles. The number of carbonyl (C=O) groups is 1. The Hall–Kier alpha value is -1.39. The lowest BCUT2D eigenvalue weighted by atomic mass is 10.1. The van der Waals surface area contributed by atoms with Gasteiger partial charge in [-0.3, -0.25) is 4.90 Å². The first-order valence-corrected chi connectivity index (χ1v) is 6.97. The minimum Gasteiger partial charge on any atom is -0.478 e. The number of carboxylic acid groups (broad SMARTS) is 1. The molecule has 4 heteroatoms. The number of hydrogen-bond acceptors (Lipinski definition) is 3. The Morgan fingerprint density at radius 2 is 2.37 bits per heavy atom. The standard InChI is InChI=1S/C15H22N2O2/c1-2-4-14-10-16-7-8-17(14)11-12-5-3-6-13(9-12)15(18)19/h3,5-6,9,14,16H,2,4,7-8,10-11H2,1H3,(H,18,19). The molecule has 1 aromatic carbocycles. The molecule has 1 fully saturated rings. The summed E-state index contributed by atoms with van der Waals surface area (Å²) in [6.07, 6.45) is 2.36. The molecule has 0 aliphatic carbocycles. The first-order valence-electron chi connectivity index (χ1n) is 6.97. The van der Waals surface area contributed by atoms with Gasteiger partial charge < -0.3 is 10.4 Å². The van der Waals surface area contributed by atoms with E-state index in [1.54, 1.807) is 12.1 Å². The lowest BCUT2D eigenvalue weighted by Gasteiger charge is -2.36. The third kappa shape index (κ3) is 3.78. The van der Waals surface area contributed by atoms with Crippen molar-refractivity contribution in [3.63, 3.8) is 0 Å². The minimum atomic E-state index is -0.854. The van der Waals surface area contributed by atoms with Crippen LogP contribution >= 0.6 is 0 Å². The van der Waals surface area contributed by atoms with Gasteiger partial charge in [-0.05, 0) is 24.1 Å². The Morgan fingerprint density at radius 3 is 3.11 bits per heavy atom. The highest BCUT2D eigenvalue weighted by Gasteiger charge is 2.21. The SMILES string of the molecule is CCCC1CNCCN1Cc1cccc(C(=O)O)c1. The van der Waals surface area contributed by atoms with Crippen molar-refractivity contribution in [2.45, 2.75) is 32.4 Å². The van der Waals surface area contributed by atoms with Crippen LogP contribution in [0.4, 0.5) is 0 Å². The van der Waals surface area contributed by atoms with Crippen molar-refractivity contribution in [3.8, 4) is 0 Å². The zero-order valence-electron chi connectivity index (χ0n) is 11.4. The lowest BCUT2D eigenvalue weighted by Crippen LogP contribution is -2.50. The molecule has 2 rings (SSSR count). The van der Waals surface area contributed by atoms with Crippen LogP contribution in [0.15, 0.2) is 24.3 Å². The zero-order valence-corrected chi connectivity index (χ0v) is 11.4. The first kappa shape index (κ1) is 14.0. The monoisotopic (exact) mass is 262 g/mol. The van der Waals surface area contributed by atoms with Gasteiger partial charge in [-0.2, -0.15) is 0 Å². The Kier molecular flexibility index (Phi) is 4.93. The summed E-state index contributed by atoms with van der Waals surface area (Å²) in [6, 6.07) is 7.83. The van der Waals surface area contributed by atoms with Crippen LogP contribution in [0.25, 0.3) is 0 Å². The second-order valence-electron chi connectivity index (χ2n) is 5.12. The molecule has 0 amide bonds. The molecule has 104 valence electrons. The number of hydrogen-bond donors (Lipinski definition) is 2. The Morgan fingerprint density at radius 1 is 1.53 bits per heavy atom. The van der Waals surface area contributed by atoms with Crippen molar-refractivity contribution in [1.82, 2.24) is 10.2 Å². The Balaban J connectivity index is 2.06. The molecular weight excluding hydrogens is 240 g/mol. The highest BCUT2D eigenvalue weighted by Crippen LogP contribution is 2.15. The van der Waals surface area contributed by atoms with E-state index in [1.165, 1.54) is 12.8 Å². The molecule has 19 heavy (non-hydrogen) atoms. The van der Waals surface area contributed by atoms with Gasteiger partial charge in [0.1, 0.15) is 0 Å². The van der Waals surface area contributed by atoms with E-state index in [9.17, 15) is 4.79 Å². The van der Waals surface area contributed by atoms with Crippen molar-refractivity contribution >= 4 is 5.97 Å². The van der Waals surface area contributed by atoms with Gasteiger partial charge in [0, 0.05) is 32.2 Å². The predicted molar refractivity (Wildman–Crippen MR) is 75.4 cm³/mol. The van der Waals surface area contributed by atoms with E-state index in [0.29, 0.717) is 11.6 Å². The van der Waals surface area contributed by atoms with Gasteiger partial charge in [0.05, 0.1) is 5.56 Å². The summed E-state index contributed by atoms with van der Waals surface area (Å²) in [5, 5.41) is 12.5. The third-order valence-corrected chi connectivity index (χ3v) is 3.65. The first-order chi connectivity index (χ1) is 9.20. The van der Waals surface area contributed by atoms with Crippen LogP contribution in [0.1, 0.15) is 35.7 Å². The van der Waals surface area contributed by atoms with E-state index < -0.39 is 5.97 Å². The molecule has 0 saturated carbocycles. The molecule has 1 heterocycles. The lowest BCUT2D eigenvalue weighted by molar-refractivity contribution is 0.0696. The van der Waals surface area contributed by atoms with E-state index >= 15 is 0 Å². The van der Waals surface area contributed by atoms with Crippen LogP contribution < -0.4 is 5.32 Å². The van der Waals surface area contributed by atoms with Crippen LogP contribution in [-0.4, -0.2) is 41.7 Å². The summed E-state index contributed by atoms with van der Waals surface area (Å²) < 4.78 is 0. The molecule has 1 atom stereocenters. The minimum absolute atomic E-state index is 0.375. The maximum absolute atomic E-state index is 11.0. The molecule has 0 spiro atoms. The number of benzene rings is 1. The van der Waals surface area contributed by atoms with E-state index in [4.69, 9.17) is 5.11 Å². The van der Waals surface area contributed by atoms with E-state index in [0.717, 1.165) is 31.7 Å². The molecule has 0 radical (unpaired) electrons. The van der Waals surface area contributed by atoms with Gasteiger partial charge >= 0.3 is 5.97 Å². The van der Waals surface area contributed by atoms with Crippen LogP contribution in [0.2, 0.25) is 0 Å². The second kappa shape index (κ2) is 6.68. The van der Waals surface area contributed by atoms with Crippen molar-refractivity contribution in [1.29, 1.82) is 0 Å². The molecule has 4 nitrogen and oxygen atoms in total. The summed E-state index contributed by atoms with van der Waals surface area (Å²) in [7, 11) is 0. The Labute approximate surface area is 114 Å². The number of piperazine rings is 1. The largest absolute Gasteiger partial charge is 0.478 e. The van der Waals surface area contributed by atoms with Crippen LogP contribution in [-0.2, 0) is 6.54 Å². The van der Waals surface area contributed by atoms with Gasteiger partial charge in [-0.1, -0.05) is 25.5 Å². The van der Waals surface area contributed by atoms with Gasteiger partial charge in [0.2, 0.25) is 0 Å². The molecule has 2 N–H and O–H groups in total. The maximum atomic E-state index is 11.0.